The van der Waals surface area contributed by atoms with Gasteiger partial charge in [-0.25, -0.2) is 0 Å². The maximum Gasteiger partial charge on any atom is 0.230 e. The predicted molar refractivity (Wildman–Crippen MR) is 73.2 cm³/mol. The lowest BCUT2D eigenvalue weighted by Gasteiger charge is -2.44. The molecule has 2 N–H and O–H groups in total. The molecule has 4 heteroatoms. The molecule has 104 valence electrons. The van der Waals surface area contributed by atoms with Gasteiger partial charge in [0.05, 0.1) is 5.41 Å². The van der Waals surface area contributed by atoms with Crippen LogP contribution < -0.4 is 5.73 Å². The number of rotatable bonds is 4. The molecule has 1 fully saturated rings. The Morgan fingerprint density at radius 2 is 2.00 bits per heavy atom. The number of carbonyl (C=O) groups is 1. The molecule has 4 nitrogen and oxygen atoms in total. The van der Waals surface area contributed by atoms with Gasteiger partial charge in [-0.15, -0.1) is 6.58 Å². The van der Waals surface area contributed by atoms with E-state index in [-0.39, 0.29) is 11.4 Å². The molecule has 0 aromatic carbocycles. The van der Waals surface area contributed by atoms with Gasteiger partial charge in [0.25, 0.3) is 0 Å². The molecule has 0 aromatic heterocycles. The first-order valence-electron chi connectivity index (χ1n) is 6.58. The van der Waals surface area contributed by atoms with Gasteiger partial charge >= 0.3 is 0 Å². The van der Waals surface area contributed by atoms with Gasteiger partial charge in [0, 0.05) is 31.8 Å². The quantitative estimate of drug-likeness (QED) is 0.775. The zero-order valence-electron chi connectivity index (χ0n) is 11.9. The summed E-state index contributed by atoms with van der Waals surface area (Å²) in [6, 6.07) is 0. The molecule has 0 bridgehead atoms. The topological polar surface area (TPSA) is 55.6 Å². The molecule has 0 aromatic rings. The summed E-state index contributed by atoms with van der Waals surface area (Å²) in [6.07, 6.45) is 3.20. The normalized spacial score (nSPS) is 19.3. The van der Waals surface area contributed by atoms with Crippen molar-refractivity contribution in [2.75, 3.05) is 26.3 Å². The van der Waals surface area contributed by atoms with Crippen LogP contribution in [-0.4, -0.2) is 42.6 Å². The zero-order chi connectivity index (χ0) is 13.8. The molecule has 1 aliphatic heterocycles. The van der Waals surface area contributed by atoms with Gasteiger partial charge in [-0.05, 0) is 33.6 Å². The molecular weight excluding hydrogens is 228 g/mol. The van der Waals surface area contributed by atoms with Gasteiger partial charge in [0.2, 0.25) is 5.91 Å². The first-order valence-corrected chi connectivity index (χ1v) is 6.58. The summed E-state index contributed by atoms with van der Waals surface area (Å²) in [5, 5.41) is 0. The molecule has 0 spiro atoms. The third-order valence-corrected chi connectivity index (χ3v) is 3.66. The lowest BCUT2D eigenvalue weighted by atomic mass is 9.78. The molecule has 1 rings (SSSR count). The highest BCUT2D eigenvalue weighted by Gasteiger charge is 2.43. The van der Waals surface area contributed by atoms with Crippen molar-refractivity contribution >= 4 is 5.91 Å². The molecular formula is C14H26N2O2. The van der Waals surface area contributed by atoms with Crippen molar-refractivity contribution in [3.05, 3.63) is 12.7 Å². The monoisotopic (exact) mass is 254 g/mol. The summed E-state index contributed by atoms with van der Waals surface area (Å²) in [5.74, 6) is 0.140. The summed E-state index contributed by atoms with van der Waals surface area (Å²) >= 11 is 0. The lowest BCUT2D eigenvalue weighted by molar-refractivity contribution is -0.151. The van der Waals surface area contributed by atoms with E-state index in [0.717, 1.165) is 0 Å². The number of nitrogens with zero attached hydrogens (tertiary/aromatic N) is 1. The molecule has 1 heterocycles. The predicted octanol–water partition coefficient (Wildman–Crippen LogP) is 1.55. The Labute approximate surface area is 110 Å². The van der Waals surface area contributed by atoms with E-state index in [1.807, 2.05) is 25.7 Å². The van der Waals surface area contributed by atoms with Crippen molar-refractivity contribution in [3.63, 3.8) is 0 Å². The lowest BCUT2D eigenvalue weighted by Crippen LogP contribution is -2.56. The summed E-state index contributed by atoms with van der Waals surface area (Å²) in [6.45, 7) is 12.0. The number of amides is 1. The van der Waals surface area contributed by atoms with Gasteiger partial charge in [-0.3, -0.25) is 4.79 Å². The summed E-state index contributed by atoms with van der Waals surface area (Å²) in [7, 11) is 0. The maximum absolute atomic E-state index is 12.8. The van der Waals surface area contributed by atoms with Gasteiger partial charge < -0.3 is 15.4 Å². The number of hydrogen-bond acceptors (Lipinski definition) is 3. The number of carbonyl (C=O) groups excluding carboxylic acids is 1. The Balaban J connectivity index is 2.95. The molecule has 1 aliphatic rings. The SMILES string of the molecule is C=CCN(C(=O)C1(CN)CCOCC1)C(C)(C)C. The maximum atomic E-state index is 12.8. The van der Waals surface area contributed by atoms with Crippen molar-refractivity contribution in [2.24, 2.45) is 11.1 Å². The first-order chi connectivity index (χ1) is 8.37. The van der Waals surface area contributed by atoms with Gasteiger partial charge in [-0.2, -0.15) is 0 Å². The highest BCUT2D eigenvalue weighted by Crippen LogP contribution is 2.33. The van der Waals surface area contributed by atoms with Crippen molar-refractivity contribution in [2.45, 2.75) is 39.2 Å². The molecule has 18 heavy (non-hydrogen) atoms. The Kier molecular flexibility index (Phi) is 4.93. The third kappa shape index (κ3) is 3.12. The minimum Gasteiger partial charge on any atom is -0.381 e. The Morgan fingerprint density at radius 3 is 2.39 bits per heavy atom. The molecule has 1 amide bonds. The third-order valence-electron chi connectivity index (χ3n) is 3.66. The molecule has 0 atom stereocenters. The van der Waals surface area contributed by atoms with Crippen LogP contribution in [0.3, 0.4) is 0 Å². The van der Waals surface area contributed by atoms with E-state index >= 15 is 0 Å². The largest absolute Gasteiger partial charge is 0.381 e. The van der Waals surface area contributed by atoms with Crippen LogP contribution in [0.1, 0.15) is 33.6 Å². The molecule has 0 unspecified atom stereocenters. The molecule has 0 aliphatic carbocycles. The number of nitrogens with two attached hydrogens (primary N) is 1. The van der Waals surface area contributed by atoms with E-state index in [1.54, 1.807) is 6.08 Å². The van der Waals surface area contributed by atoms with E-state index in [0.29, 0.717) is 39.1 Å². The van der Waals surface area contributed by atoms with Gasteiger partial charge in [-0.1, -0.05) is 6.08 Å². The first kappa shape index (κ1) is 15.2. The number of ether oxygens (including phenoxy) is 1. The average Bonchev–Trinajstić information content (AvgIpc) is 2.34. The van der Waals surface area contributed by atoms with E-state index in [1.165, 1.54) is 0 Å². The second-order valence-electron chi connectivity index (χ2n) is 5.97. The average molecular weight is 254 g/mol. The zero-order valence-corrected chi connectivity index (χ0v) is 11.9. The minimum atomic E-state index is -0.450. The second-order valence-corrected chi connectivity index (χ2v) is 5.97. The standard InChI is InChI=1S/C14H26N2O2/c1-5-8-16(13(2,3)4)12(17)14(11-15)6-9-18-10-7-14/h5H,1,6-11,15H2,2-4H3. The van der Waals surface area contributed by atoms with Gasteiger partial charge in [0.15, 0.2) is 0 Å². The van der Waals surface area contributed by atoms with Crippen LogP contribution in [0.2, 0.25) is 0 Å². The van der Waals surface area contributed by atoms with Crippen molar-refractivity contribution in [3.8, 4) is 0 Å². The number of hydrogen-bond donors (Lipinski definition) is 1. The van der Waals surface area contributed by atoms with Crippen molar-refractivity contribution in [1.82, 2.24) is 4.90 Å². The van der Waals surface area contributed by atoms with Crippen LogP contribution in [0, 0.1) is 5.41 Å². The molecule has 1 saturated heterocycles. The van der Waals surface area contributed by atoms with Crippen molar-refractivity contribution < 1.29 is 9.53 Å². The van der Waals surface area contributed by atoms with E-state index in [4.69, 9.17) is 10.5 Å². The molecule has 0 saturated carbocycles. The Hall–Kier alpha value is -0.870. The summed E-state index contributed by atoms with van der Waals surface area (Å²) < 4.78 is 5.36. The van der Waals surface area contributed by atoms with E-state index < -0.39 is 5.41 Å². The minimum absolute atomic E-state index is 0.140. The Morgan fingerprint density at radius 1 is 1.44 bits per heavy atom. The smallest absolute Gasteiger partial charge is 0.230 e. The fourth-order valence-corrected chi connectivity index (χ4v) is 2.34. The highest BCUT2D eigenvalue weighted by atomic mass is 16.5. The van der Waals surface area contributed by atoms with Crippen LogP contribution in [0.25, 0.3) is 0 Å². The Bertz CT molecular complexity index is 301. The van der Waals surface area contributed by atoms with Crippen LogP contribution in [0.15, 0.2) is 12.7 Å². The van der Waals surface area contributed by atoms with E-state index in [9.17, 15) is 4.79 Å². The fourth-order valence-electron chi connectivity index (χ4n) is 2.34. The second kappa shape index (κ2) is 5.85. The fraction of sp³-hybridized carbons (Fsp3) is 0.786. The van der Waals surface area contributed by atoms with E-state index in [2.05, 4.69) is 6.58 Å². The highest BCUT2D eigenvalue weighted by molar-refractivity contribution is 5.84. The van der Waals surface area contributed by atoms with Crippen molar-refractivity contribution in [1.29, 1.82) is 0 Å². The van der Waals surface area contributed by atoms with Gasteiger partial charge in [0.1, 0.15) is 0 Å². The van der Waals surface area contributed by atoms with Crippen LogP contribution >= 0.6 is 0 Å². The summed E-state index contributed by atoms with van der Waals surface area (Å²) in [4.78, 5) is 14.7. The summed E-state index contributed by atoms with van der Waals surface area (Å²) in [5.41, 5.74) is 5.22. The van der Waals surface area contributed by atoms with Crippen LogP contribution in [0.5, 0.6) is 0 Å². The van der Waals surface area contributed by atoms with Crippen LogP contribution in [0.4, 0.5) is 0 Å². The van der Waals surface area contributed by atoms with Crippen LogP contribution in [-0.2, 0) is 9.53 Å². The molecule has 0 radical (unpaired) electrons.